The van der Waals surface area contributed by atoms with Crippen molar-refractivity contribution in [3.05, 3.63) is 28.5 Å². The molecule has 0 N–H and O–H groups in total. The summed E-state index contributed by atoms with van der Waals surface area (Å²) in [4.78, 5) is 17.9. The van der Waals surface area contributed by atoms with Crippen LogP contribution >= 0.6 is 11.3 Å². The second-order valence-electron chi connectivity index (χ2n) is 6.57. The molecule has 2 aliphatic heterocycles. The number of methoxy groups -OCH3 is 1. The van der Waals surface area contributed by atoms with E-state index in [-0.39, 0.29) is 11.3 Å². The summed E-state index contributed by atoms with van der Waals surface area (Å²) in [6.45, 7) is 4.65. The maximum Gasteiger partial charge on any atom is 0.246 e. The second kappa shape index (κ2) is 6.52. The number of hydrogen-bond donors (Lipinski definition) is 0. The number of ether oxygens (including phenoxy) is 1. The Kier molecular flexibility index (Phi) is 4.66. The summed E-state index contributed by atoms with van der Waals surface area (Å²) in [6.07, 6.45) is 4.73. The van der Waals surface area contributed by atoms with E-state index in [0.29, 0.717) is 5.92 Å². The summed E-state index contributed by atoms with van der Waals surface area (Å²) in [5.41, 5.74) is 0.219. The van der Waals surface area contributed by atoms with Crippen molar-refractivity contribution in [1.29, 1.82) is 0 Å². The Hall–Kier alpha value is -1.17. The Bertz CT molecular complexity index is 543. The van der Waals surface area contributed by atoms with Crippen LogP contribution in [0.25, 0.3) is 6.08 Å². The van der Waals surface area contributed by atoms with Gasteiger partial charge in [-0.3, -0.25) is 4.79 Å². The van der Waals surface area contributed by atoms with Crippen molar-refractivity contribution in [2.24, 2.45) is 11.3 Å². The number of carbonyl (C=O) groups excluding carboxylic acids is 1. The van der Waals surface area contributed by atoms with Gasteiger partial charge in [0, 0.05) is 55.6 Å². The summed E-state index contributed by atoms with van der Waals surface area (Å²) < 4.78 is 5.41. The van der Waals surface area contributed by atoms with Gasteiger partial charge in [-0.05, 0) is 31.0 Å². The summed E-state index contributed by atoms with van der Waals surface area (Å²) >= 11 is 1.65. The number of rotatable bonds is 4. The number of nitrogens with zero attached hydrogens (tertiary/aromatic N) is 2. The first kappa shape index (κ1) is 15.7. The molecule has 0 bridgehead atoms. The summed E-state index contributed by atoms with van der Waals surface area (Å²) in [5.74, 6) is 0.664. The first-order valence-corrected chi connectivity index (χ1v) is 8.69. The lowest BCUT2D eigenvalue weighted by Crippen LogP contribution is -2.37. The van der Waals surface area contributed by atoms with Gasteiger partial charge in [-0.15, -0.1) is 11.3 Å². The molecule has 2 aliphatic rings. The minimum absolute atomic E-state index is 0.135. The highest BCUT2D eigenvalue weighted by atomic mass is 32.1. The van der Waals surface area contributed by atoms with E-state index in [0.717, 1.165) is 44.1 Å². The molecule has 120 valence electrons. The third-order valence-corrected chi connectivity index (χ3v) is 5.82. The fourth-order valence-electron chi connectivity index (χ4n) is 3.92. The lowest BCUT2D eigenvalue weighted by Gasteiger charge is -2.29. The molecule has 1 aromatic rings. The third kappa shape index (κ3) is 3.12. The Balaban J connectivity index is 1.65. The Morgan fingerprint density at radius 3 is 3.14 bits per heavy atom. The van der Waals surface area contributed by atoms with E-state index in [4.69, 9.17) is 4.74 Å². The quantitative estimate of drug-likeness (QED) is 0.797. The maximum absolute atomic E-state index is 12.4. The minimum Gasteiger partial charge on any atom is -0.384 e. The van der Waals surface area contributed by atoms with Gasteiger partial charge in [-0.2, -0.15) is 0 Å². The molecule has 2 atom stereocenters. The van der Waals surface area contributed by atoms with E-state index in [1.807, 2.05) is 28.5 Å². The third-order valence-electron chi connectivity index (χ3n) is 4.98. The number of likely N-dealkylation sites (tertiary alicyclic amines) is 2. The predicted molar refractivity (Wildman–Crippen MR) is 89.8 cm³/mol. The molecular weight excluding hydrogens is 296 g/mol. The van der Waals surface area contributed by atoms with Gasteiger partial charge in [-0.1, -0.05) is 6.07 Å². The van der Waals surface area contributed by atoms with Crippen molar-refractivity contribution in [3.63, 3.8) is 0 Å². The highest BCUT2D eigenvalue weighted by Gasteiger charge is 2.50. The Morgan fingerprint density at radius 2 is 2.41 bits per heavy atom. The van der Waals surface area contributed by atoms with Gasteiger partial charge < -0.3 is 14.5 Å². The lowest BCUT2D eigenvalue weighted by atomic mass is 9.78. The van der Waals surface area contributed by atoms with Crippen LogP contribution in [0.4, 0.5) is 0 Å². The monoisotopic (exact) mass is 320 g/mol. The van der Waals surface area contributed by atoms with Crippen LogP contribution < -0.4 is 0 Å². The zero-order valence-electron chi connectivity index (χ0n) is 13.3. The van der Waals surface area contributed by atoms with E-state index in [1.54, 1.807) is 24.5 Å². The van der Waals surface area contributed by atoms with Crippen molar-refractivity contribution in [1.82, 2.24) is 9.80 Å². The van der Waals surface area contributed by atoms with E-state index in [9.17, 15) is 4.79 Å². The molecule has 0 saturated carbocycles. The molecule has 1 amide bonds. The number of carbonyl (C=O) groups is 1. The average Bonchev–Trinajstić information content (AvgIpc) is 3.20. The Morgan fingerprint density at radius 1 is 1.55 bits per heavy atom. The van der Waals surface area contributed by atoms with E-state index < -0.39 is 0 Å². The van der Waals surface area contributed by atoms with Gasteiger partial charge in [-0.25, -0.2) is 0 Å². The van der Waals surface area contributed by atoms with E-state index >= 15 is 0 Å². The van der Waals surface area contributed by atoms with Crippen LogP contribution in [0.5, 0.6) is 0 Å². The molecule has 22 heavy (non-hydrogen) atoms. The van der Waals surface area contributed by atoms with Crippen LogP contribution in [0, 0.1) is 11.3 Å². The molecule has 0 radical (unpaired) electrons. The van der Waals surface area contributed by atoms with Crippen molar-refractivity contribution in [2.45, 2.75) is 6.42 Å². The average molecular weight is 320 g/mol. The molecule has 5 heteroatoms. The second-order valence-corrected chi connectivity index (χ2v) is 7.55. The SMILES string of the molecule is COC[C@H]1CN(C)C[C@@]12CCN(C(=O)/C=C/c1cccs1)C2. The zero-order chi connectivity index (χ0) is 15.6. The number of amides is 1. The van der Waals surface area contributed by atoms with Gasteiger partial charge in [0.25, 0.3) is 0 Å². The van der Waals surface area contributed by atoms with Crippen molar-refractivity contribution >= 4 is 23.3 Å². The summed E-state index contributed by atoms with van der Waals surface area (Å²) in [7, 11) is 3.94. The summed E-state index contributed by atoms with van der Waals surface area (Å²) in [6, 6.07) is 4.03. The molecule has 3 heterocycles. The normalized spacial score (nSPS) is 29.2. The van der Waals surface area contributed by atoms with Crippen LogP contribution in [0.15, 0.2) is 23.6 Å². The molecule has 2 saturated heterocycles. The smallest absolute Gasteiger partial charge is 0.246 e. The number of hydrogen-bond acceptors (Lipinski definition) is 4. The fourth-order valence-corrected chi connectivity index (χ4v) is 4.54. The molecule has 0 aliphatic carbocycles. The largest absolute Gasteiger partial charge is 0.384 e. The Labute approximate surface area is 136 Å². The van der Waals surface area contributed by atoms with Crippen LogP contribution in [0.1, 0.15) is 11.3 Å². The van der Waals surface area contributed by atoms with Gasteiger partial charge in [0.05, 0.1) is 6.61 Å². The molecule has 0 unspecified atom stereocenters. The fraction of sp³-hybridized carbons (Fsp3) is 0.588. The number of thiophene rings is 1. The molecule has 0 aromatic carbocycles. The minimum atomic E-state index is 0.135. The van der Waals surface area contributed by atoms with Gasteiger partial charge in [0.15, 0.2) is 0 Å². The highest BCUT2D eigenvalue weighted by molar-refractivity contribution is 7.10. The standard InChI is InChI=1S/C17H24N2O2S/c1-18-10-14(11-21-2)17(12-18)7-8-19(13-17)16(20)6-5-15-4-3-9-22-15/h3-6,9,14H,7-8,10-13H2,1-2H3/b6-5+/t14-,17-/m1/s1. The molecular formula is C17H24N2O2S. The van der Waals surface area contributed by atoms with Gasteiger partial charge in [0.1, 0.15) is 0 Å². The topological polar surface area (TPSA) is 32.8 Å². The molecule has 1 spiro atoms. The van der Waals surface area contributed by atoms with Gasteiger partial charge in [0.2, 0.25) is 5.91 Å². The predicted octanol–water partition coefficient (Wildman–Crippen LogP) is 2.19. The first-order chi connectivity index (χ1) is 10.6. The molecule has 2 fully saturated rings. The first-order valence-electron chi connectivity index (χ1n) is 7.81. The van der Waals surface area contributed by atoms with Crippen molar-refractivity contribution in [2.75, 3.05) is 46.9 Å². The summed E-state index contributed by atoms with van der Waals surface area (Å²) in [5, 5.41) is 2.03. The molecule has 3 rings (SSSR count). The highest BCUT2D eigenvalue weighted by Crippen LogP contribution is 2.43. The maximum atomic E-state index is 12.4. The zero-order valence-corrected chi connectivity index (χ0v) is 14.1. The van der Waals surface area contributed by atoms with Crippen LogP contribution in [0.3, 0.4) is 0 Å². The van der Waals surface area contributed by atoms with E-state index in [1.165, 1.54) is 0 Å². The van der Waals surface area contributed by atoms with Crippen molar-refractivity contribution < 1.29 is 9.53 Å². The van der Waals surface area contributed by atoms with E-state index in [2.05, 4.69) is 11.9 Å². The van der Waals surface area contributed by atoms with Crippen LogP contribution in [-0.4, -0.2) is 62.7 Å². The molecule has 4 nitrogen and oxygen atoms in total. The van der Waals surface area contributed by atoms with Gasteiger partial charge >= 0.3 is 0 Å². The van der Waals surface area contributed by atoms with Crippen LogP contribution in [0.2, 0.25) is 0 Å². The van der Waals surface area contributed by atoms with Crippen molar-refractivity contribution in [3.8, 4) is 0 Å². The van der Waals surface area contributed by atoms with Crippen LogP contribution in [-0.2, 0) is 9.53 Å². The molecule has 1 aromatic heterocycles. The lowest BCUT2D eigenvalue weighted by molar-refractivity contribution is -0.125.